The molecule has 0 spiro atoms. The van der Waals surface area contributed by atoms with Crippen LogP contribution in [-0.4, -0.2) is 0 Å². The Balaban J connectivity index is 0.932. The summed E-state index contributed by atoms with van der Waals surface area (Å²) in [6.45, 7) is 4.69. The van der Waals surface area contributed by atoms with Crippen molar-refractivity contribution < 1.29 is 4.42 Å². The number of para-hydroxylation sites is 1. The van der Waals surface area contributed by atoms with Crippen LogP contribution in [0.15, 0.2) is 247 Å². The molecule has 1 aliphatic rings. The van der Waals surface area contributed by atoms with Crippen molar-refractivity contribution in [3.63, 3.8) is 0 Å². The summed E-state index contributed by atoms with van der Waals surface area (Å²) in [4.78, 5) is 4.72. The van der Waals surface area contributed by atoms with Crippen LogP contribution in [0, 0.1) is 0 Å². The van der Waals surface area contributed by atoms with Gasteiger partial charge in [0, 0.05) is 56.4 Å². The molecule has 3 nitrogen and oxygen atoms in total. The number of benzene rings is 10. The number of fused-ring (bicyclic) bond motifs is 6. The molecule has 0 saturated heterocycles. The first-order valence-corrected chi connectivity index (χ1v) is 22.7. The lowest BCUT2D eigenvalue weighted by Crippen LogP contribution is -2.16. The highest BCUT2D eigenvalue weighted by atomic mass is 16.3. The highest BCUT2D eigenvalue weighted by Crippen LogP contribution is 2.51. The van der Waals surface area contributed by atoms with Gasteiger partial charge >= 0.3 is 0 Å². The molecule has 0 N–H and O–H groups in total. The van der Waals surface area contributed by atoms with E-state index in [1.807, 2.05) is 12.1 Å². The van der Waals surface area contributed by atoms with Crippen molar-refractivity contribution in [3.8, 4) is 44.5 Å². The van der Waals surface area contributed by atoms with Gasteiger partial charge in [0.15, 0.2) is 0 Å². The Morgan fingerprint density at radius 2 is 0.727 bits per heavy atom. The lowest BCUT2D eigenvalue weighted by molar-refractivity contribution is 0.660. The van der Waals surface area contributed by atoms with Gasteiger partial charge in [-0.3, -0.25) is 0 Å². The second kappa shape index (κ2) is 16.0. The molecule has 0 bridgehead atoms. The fraction of sp³-hybridized carbons (Fsp3) is 0.0476. The molecule has 0 saturated carbocycles. The molecular weight excluding hydrogens is 801 g/mol. The van der Waals surface area contributed by atoms with Gasteiger partial charge < -0.3 is 14.2 Å². The van der Waals surface area contributed by atoms with Gasteiger partial charge in [-0.15, -0.1) is 0 Å². The Labute approximate surface area is 386 Å². The number of furan rings is 1. The van der Waals surface area contributed by atoms with Crippen LogP contribution in [0.1, 0.15) is 25.0 Å². The van der Waals surface area contributed by atoms with E-state index in [0.29, 0.717) is 0 Å². The van der Waals surface area contributed by atoms with Crippen LogP contribution in [0.2, 0.25) is 0 Å². The quantitative estimate of drug-likeness (QED) is 0.144. The molecule has 1 aromatic heterocycles. The predicted molar refractivity (Wildman–Crippen MR) is 277 cm³/mol. The second-order valence-corrected chi connectivity index (χ2v) is 17.8. The fourth-order valence-corrected chi connectivity index (χ4v) is 10.1. The Hall–Kier alpha value is -8.40. The third-order valence-electron chi connectivity index (χ3n) is 13.5. The summed E-state index contributed by atoms with van der Waals surface area (Å²) in [7, 11) is 0. The highest BCUT2D eigenvalue weighted by Gasteiger charge is 2.35. The lowest BCUT2D eigenvalue weighted by atomic mass is 9.82. The first-order chi connectivity index (χ1) is 32.5. The molecule has 12 rings (SSSR count). The molecule has 1 aliphatic carbocycles. The Morgan fingerprint density at radius 1 is 0.288 bits per heavy atom. The van der Waals surface area contributed by atoms with Crippen LogP contribution in [0.3, 0.4) is 0 Å². The van der Waals surface area contributed by atoms with Crippen LogP contribution < -0.4 is 9.80 Å². The lowest BCUT2D eigenvalue weighted by Gasteiger charge is -2.28. The predicted octanol–water partition coefficient (Wildman–Crippen LogP) is 17.8. The van der Waals surface area contributed by atoms with Crippen molar-refractivity contribution in [2.45, 2.75) is 19.3 Å². The number of hydrogen-bond acceptors (Lipinski definition) is 3. The maximum atomic E-state index is 6.47. The van der Waals surface area contributed by atoms with Crippen LogP contribution in [0.5, 0.6) is 0 Å². The molecule has 0 unspecified atom stereocenters. The van der Waals surface area contributed by atoms with Gasteiger partial charge in [0.1, 0.15) is 11.2 Å². The van der Waals surface area contributed by atoms with Crippen LogP contribution >= 0.6 is 0 Å². The average Bonchev–Trinajstić information content (AvgIpc) is 3.86. The summed E-state index contributed by atoms with van der Waals surface area (Å²) < 4.78 is 6.47. The summed E-state index contributed by atoms with van der Waals surface area (Å²) in [6, 6.07) is 87.5. The van der Waals surface area contributed by atoms with Gasteiger partial charge in [-0.1, -0.05) is 172 Å². The SMILES string of the molecule is CC1(C)c2ccccc2-c2ccc(N(c3cccc(-c4ccc(N(c5ccc(-c6ccccc6)cc5)c5ccc(-c6ccccc6)cc5)cc4)c3)c3ccc4c(c3)oc3ccccc34)cc21. The first kappa shape index (κ1) is 39.2. The van der Waals surface area contributed by atoms with Crippen LogP contribution in [-0.2, 0) is 5.41 Å². The van der Waals surface area contributed by atoms with Crippen LogP contribution in [0.25, 0.3) is 66.4 Å². The summed E-state index contributed by atoms with van der Waals surface area (Å²) in [5.74, 6) is 0. The third kappa shape index (κ3) is 6.85. The molecule has 0 radical (unpaired) electrons. The zero-order valence-corrected chi connectivity index (χ0v) is 36.9. The number of anilines is 6. The van der Waals surface area contributed by atoms with Gasteiger partial charge in [-0.25, -0.2) is 0 Å². The highest BCUT2D eigenvalue weighted by molar-refractivity contribution is 6.06. The van der Waals surface area contributed by atoms with Crippen molar-refractivity contribution in [2.75, 3.05) is 9.80 Å². The van der Waals surface area contributed by atoms with Gasteiger partial charge in [-0.2, -0.15) is 0 Å². The molecule has 0 atom stereocenters. The van der Waals surface area contributed by atoms with E-state index in [4.69, 9.17) is 4.42 Å². The minimum absolute atomic E-state index is 0.137. The van der Waals surface area contributed by atoms with Gasteiger partial charge in [0.05, 0.1) is 0 Å². The maximum absolute atomic E-state index is 6.47. The normalized spacial score (nSPS) is 12.5. The second-order valence-electron chi connectivity index (χ2n) is 17.8. The molecule has 10 aromatic carbocycles. The average molecular weight is 847 g/mol. The first-order valence-electron chi connectivity index (χ1n) is 22.7. The summed E-state index contributed by atoms with van der Waals surface area (Å²) in [6.07, 6.45) is 0. The molecular formula is C63H46N2O. The van der Waals surface area contributed by atoms with E-state index < -0.39 is 0 Å². The van der Waals surface area contributed by atoms with Gasteiger partial charge in [0.25, 0.3) is 0 Å². The fourth-order valence-electron chi connectivity index (χ4n) is 10.1. The van der Waals surface area contributed by atoms with Crippen molar-refractivity contribution in [1.29, 1.82) is 0 Å². The minimum atomic E-state index is -0.137. The number of nitrogens with zero attached hydrogens (tertiary/aromatic N) is 2. The molecule has 0 aliphatic heterocycles. The molecule has 1 heterocycles. The third-order valence-corrected chi connectivity index (χ3v) is 13.5. The molecule has 3 heteroatoms. The van der Waals surface area contributed by atoms with Gasteiger partial charge in [0.2, 0.25) is 0 Å². The van der Waals surface area contributed by atoms with E-state index in [0.717, 1.165) is 67.2 Å². The van der Waals surface area contributed by atoms with Crippen molar-refractivity contribution in [1.82, 2.24) is 0 Å². The Kier molecular flexibility index (Phi) is 9.50. The van der Waals surface area contributed by atoms with E-state index in [2.05, 4.69) is 254 Å². The molecule has 0 amide bonds. The van der Waals surface area contributed by atoms with E-state index in [1.54, 1.807) is 0 Å². The standard InChI is InChI=1S/C63H46N2O/c1-63(2)59-22-11-9-20-55(59)56-38-36-53(41-60(56)63)65(54-37-39-58-57-21-10-12-23-61(57)66-62(58)42-54)52-19-13-18-48(40-52)47-28-34-51(35-29-47)64(49-30-24-45(25-31-49)43-14-5-3-6-15-43)50-32-26-46(27-33-50)44-16-7-4-8-17-44/h3-42H,1-2H3. The summed E-state index contributed by atoms with van der Waals surface area (Å²) >= 11 is 0. The topological polar surface area (TPSA) is 19.6 Å². The largest absolute Gasteiger partial charge is 0.456 e. The smallest absolute Gasteiger partial charge is 0.137 e. The molecule has 0 fully saturated rings. The number of rotatable bonds is 9. The van der Waals surface area contributed by atoms with Crippen molar-refractivity contribution in [3.05, 3.63) is 254 Å². The van der Waals surface area contributed by atoms with E-state index in [1.165, 1.54) is 44.5 Å². The zero-order valence-electron chi connectivity index (χ0n) is 36.9. The Morgan fingerprint density at radius 3 is 1.38 bits per heavy atom. The molecule has 314 valence electrons. The van der Waals surface area contributed by atoms with Gasteiger partial charge in [-0.05, 0) is 134 Å². The number of hydrogen-bond donors (Lipinski definition) is 0. The molecule has 66 heavy (non-hydrogen) atoms. The van der Waals surface area contributed by atoms with Crippen molar-refractivity contribution >= 4 is 56.1 Å². The van der Waals surface area contributed by atoms with Crippen molar-refractivity contribution in [2.24, 2.45) is 0 Å². The van der Waals surface area contributed by atoms with Crippen LogP contribution in [0.4, 0.5) is 34.1 Å². The summed E-state index contributed by atoms with van der Waals surface area (Å²) in [5.41, 5.74) is 20.5. The monoisotopic (exact) mass is 846 g/mol. The van der Waals surface area contributed by atoms with E-state index >= 15 is 0 Å². The minimum Gasteiger partial charge on any atom is -0.456 e. The van der Waals surface area contributed by atoms with E-state index in [9.17, 15) is 0 Å². The zero-order chi connectivity index (χ0) is 44.2. The molecule has 11 aromatic rings. The summed E-state index contributed by atoms with van der Waals surface area (Å²) in [5, 5.41) is 2.24. The maximum Gasteiger partial charge on any atom is 0.137 e. The Bertz CT molecular complexity index is 3450. The van der Waals surface area contributed by atoms with E-state index in [-0.39, 0.29) is 5.41 Å².